The van der Waals surface area contributed by atoms with Crippen LogP contribution in [0.2, 0.25) is 0 Å². The van der Waals surface area contributed by atoms with E-state index in [-0.39, 0.29) is 11.8 Å². The first-order valence-corrected chi connectivity index (χ1v) is 6.86. The van der Waals surface area contributed by atoms with E-state index in [0.717, 1.165) is 10.2 Å². The molecule has 0 unspecified atom stereocenters. The van der Waals surface area contributed by atoms with Crippen LogP contribution in [0.15, 0.2) is 22.8 Å². The van der Waals surface area contributed by atoms with Gasteiger partial charge in [-0.1, -0.05) is 13.8 Å². The summed E-state index contributed by atoms with van der Waals surface area (Å²) in [6.45, 7) is 4.05. The number of carbonyl (C=O) groups is 1. The molecule has 0 aliphatic carbocycles. The summed E-state index contributed by atoms with van der Waals surface area (Å²) in [5, 5.41) is 9.51. The molecule has 1 amide bonds. The fraction of sp³-hybridized carbons (Fsp3) is 0.308. The molecule has 6 nitrogen and oxygen atoms in total. The topological polar surface area (TPSA) is 79.9 Å². The number of nitrogens with one attached hydrogen (secondary N) is 2. The van der Waals surface area contributed by atoms with Crippen molar-refractivity contribution in [3.8, 4) is 5.75 Å². The number of amides is 1. The molecule has 0 saturated carbocycles. The van der Waals surface area contributed by atoms with Crippen LogP contribution in [0.5, 0.6) is 5.75 Å². The van der Waals surface area contributed by atoms with Crippen LogP contribution in [0.3, 0.4) is 0 Å². The summed E-state index contributed by atoms with van der Waals surface area (Å²) < 4.78 is 5.87. The Hall–Kier alpha value is -1.89. The van der Waals surface area contributed by atoms with E-state index in [9.17, 15) is 4.79 Å². The molecular formula is C13H15BrN4O2. The highest BCUT2D eigenvalue weighted by Gasteiger charge is 2.13. The number of carbonyl (C=O) groups excluding carboxylic acids is 1. The summed E-state index contributed by atoms with van der Waals surface area (Å²) in [5.74, 6) is 0.976. The van der Waals surface area contributed by atoms with Crippen molar-refractivity contribution >= 4 is 27.7 Å². The van der Waals surface area contributed by atoms with Crippen LogP contribution < -0.4 is 10.1 Å². The Morgan fingerprint density at radius 1 is 1.45 bits per heavy atom. The van der Waals surface area contributed by atoms with E-state index in [1.165, 1.54) is 0 Å². The van der Waals surface area contributed by atoms with E-state index in [0.29, 0.717) is 17.3 Å². The Bertz CT molecular complexity index is 625. The van der Waals surface area contributed by atoms with Crippen molar-refractivity contribution in [1.82, 2.24) is 15.2 Å². The molecular weight excluding hydrogens is 324 g/mol. The molecule has 0 spiro atoms. The van der Waals surface area contributed by atoms with Crippen molar-refractivity contribution in [3.05, 3.63) is 34.2 Å². The fourth-order valence-electron chi connectivity index (χ4n) is 1.57. The number of aromatic amines is 1. The lowest BCUT2D eigenvalue weighted by Crippen LogP contribution is -2.13. The van der Waals surface area contributed by atoms with Crippen molar-refractivity contribution in [2.45, 2.75) is 19.8 Å². The number of anilines is 1. The molecule has 2 aromatic rings. The standard InChI is InChI=1S/C13H15BrN4O2/c1-7(2)9-4-10(18-17-9)13(19)16-12-5-11(20-3)8(14)6-15-12/h4-7H,1-3H3,(H,17,18)(H,15,16,19). The maximum absolute atomic E-state index is 12.0. The van der Waals surface area contributed by atoms with Gasteiger partial charge in [-0.25, -0.2) is 4.98 Å². The van der Waals surface area contributed by atoms with E-state index in [2.05, 4.69) is 36.4 Å². The molecule has 106 valence electrons. The third-order valence-electron chi connectivity index (χ3n) is 2.73. The first-order chi connectivity index (χ1) is 9.51. The molecule has 2 aromatic heterocycles. The van der Waals surface area contributed by atoms with Gasteiger partial charge in [0.05, 0.1) is 11.6 Å². The fourth-order valence-corrected chi connectivity index (χ4v) is 1.95. The normalized spacial score (nSPS) is 10.7. The summed E-state index contributed by atoms with van der Waals surface area (Å²) in [7, 11) is 1.55. The molecule has 0 aromatic carbocycles. The Balaban J connectivity index is 2.14. The Morgan fingerprint density at radius 2 is 2.20 bits per heavy atom. The lowest BCUT2D eigenvalue weighted by molar-refractivity contribution is 0.102. The molecule has 0 fully saturated rings. The van der Waals surface area contributed by atoms with Crippen LogP contribution in [0.25, 0.3) is 0 Å². The number of pyridine rings is 1. The lowest BCUT2D eigenvalue weighted by atomic mass is 10.1. The third-order valence-corrected chi connectivity index (χ3v) is 3.33. The van der Waals surface area contributed by atoms with E-state index in [1.54, 1.807) is 25.4 Å². The number of ether oxygens (including phenoxy) is 1. The van der Waals surface area contributed by atoms with Crippen LogP contribution >= 0.6 is 15.9 Å². The summed E-state index contributed by atoms with van der Waals surface area (Å²) in [5.41, 5.74) is 1.24. The van der Waals surface area contributed by atoms with Gasteiger partial charge in [0.2, 0.25) is 0 Å². The van der Waals surface area contributed by atoms with Gasteiger partial charge in [0, 0.05) is 18.0 Å². The van der Waals surface area contributed by atoms with Crippen molar-refractivity contribution in [2.24, 2.45) is 0 Å². The average molecular weight is 339 g/mol. The minimum atomic E-state index is -0.315. The minimum absolute atomic E-state index is 0.287. The highest BCUT2D eigenvalue weighted by atomic mass is 79.9. The zero-order valence-corrected chi connectivity index (χ0v) is 13.0. The molecule has 0 radical (unpaired) electrons. The molecule has 0 bridgehead atoms. The minimum Gasteiger partial charge on any atom is -0.495 e. The van der Waals surface area contributed by atoms with Gasteiger partial charge in [-0.15, -0.1) is 0 Å². The largest absolute Gasteiger partial charge is 0.495 e. The van der Waals surface area contributed by atoms with Crippen molar-refractivity contribution in [3.63, 3.8) is 0 Å². The number of aromatic nitrogens is 3. The number of hydrogen-bond donors (Lipinski definition) is 2. The molecule has 20 heavy (non-hydrogen) atoms. The first-order valence-electron chi connectivity index (χ1n) is 6.07. The Morgan fingerprint density at radius 3 is 2.80 bits per heavy atom. The quantitative estimate of drug-likeness (QED) is 0.898. The lowest BCUT2D eigenvalue weighted by Gasteiger charge is -2.06. The first kappa shape index (κ1) is 14.5. The zero-order chi connectivity index (χ0) is 14.7. The summed E-state index contributed by atoms with van der Waals surface area (Å²) >= 11 is 3.30. The van der Waals surface area contributed by atoms with E-state index in [1.807, 2.05) is 13.8 Å². The van der Waals surface area contributed by atoms with Gasteiger partial charge in [0.1, 0.15) is 11.6 Å². The Kier molecular flexibility index (Phi) is 4.39. The maximum atomic E-state index is 12.0. The van der Waals surface area contributed by atoms with Crippen molar-refractivity contribution < 1.29 is 9.53 Å². The number of nitrogens with zero attached hydrogens (tertiary/aromatic N) is 2. The third kappa shape index (κ3) is 3.16. The number of hydrogen-bond acceptors (Lipinski definition) is 4. The summed E-state index contributed by atoms with van der Waals surface area (Å²) in [4.78, 5) is 16.1. The van der Waals surface area contributed by atoms with Gasteiger partial charge in [0.25, 0.3) is 5.91 Å². The van der Waals surface area contributed by atoms with Crippen LogP contribution in [0.1, 0.15) is 35.9 Å². The SMILES string of the molecule is COc1cc(NC(=O)c2cc(C(C)C)[nH]n2)ncc1Br. The maximum Gasteiger partial charge on any atom is 0.277 e. The van der Waals surface area contributed by atoms with Gasteiger partial charge >= 0.3 is 0 Å². The van der Waals surface area contributed by atoms with E-state index < -0.39 is 0 Å². The molecule has 7 heteroatoms. The van der Waals surface area contributed by atoms with Crippen molar-refractivity contribution in [2.75, 3.05) is 12.4 Å². The highest BCUT2D eigenvalue weighted by molar-refractivity contribution is 9.10. The van der Waals surface area contributed by atoms with Crippen molar-refractivity contribution in [1.29, 1.82) is 0 Å². The second kappa shape index (κ2) is 6.04. The zero-order valence-electron chi connectivity index (χ0n) is 11.4. The van der Waals surface area contributed by atoms with Gasteiger partial charge in [-0.05, 0) is 27.9 Å². The Labute approximate surface area is 125 Å². The smallest absolute Gasteiger partial charge is 0.277 e. The van der Waals surface area contributed by atoms with Gasteiger partial charge in [0.15, 0.2) is 5.69 Å². The van der Waals surface area contributed by atoms with E-state index in [4.69, 9.17) is 4.74 Å². The van der Waals surface area contributed by atoms with E-state index >= 15 is 0 Å². The van der Waals surface area contributed by atoms with Crippen LogP contribution in [-0.2, 0) is 0 Å². The van der Waals surface area contributed by atoms with Gasteiger partial charge in [-0.2, -0.15) is 5.10 Å². The summed E-state index contributed by atoms with van der Waals surface area (Å²) in [6.07, 6.45) is 1.57. The number of methoxy groups -OCH3 is 1. The number of rotatable bonds is 4. The molecule has 0 aliphatic heterocycles. The molecule has 0 aliphatic rings. The molecule has 2 rings (SSSR count). The van der Waals surface area contributed by atoms with Gasteiger partial charge < -0.3 is 10.1 Å². The van der Waals surface area contributed by atoms with Crippen LogP contribution in [-0.4, -0.2) is 28.2 Å². The average Bonchev–Trinajstić information content (AvgIpc) is 2.91. The highest BCUT2D eigenvalue weighted by Crippen LogP contribution is 2.26. The second-order valence-electron chi connectivity index (χ2n) is 4.52. The predicted octanol–water partition coefficient (Wildman–Crippen LogP) is 2.95. The van der Waals surface area contributed by atoms with Gasteiger partial charge in [-0.3, -0.25) is 9.89 Å². The molecule has 2 heterocycles. The molecule has 0 atom stereocenters. The number of H-pyrrole nitrogens is 1. The number of halogens is 1. The van der Waals surface area contributed by atoms with Crippen LogP contribution in [0.4, 0.5) is 5.82 Å². The second-order valence-corrected chi connectivity index (χ2v) is 5.38. The molecule has 2 N–H and O–H groups in total. The molecule has 0 saturated heterocycles. The van der Waals surface area contributed by atoms with Crippen LogP contribution in [0, 0.1) is 0 Å². The predicted molar refractivity (Wildman–Crippen MR) is 79.1 cm³/mol. The monoisotopic (exact) mass is 338 g/mol. The summed E-state index contributed by atoms with van der Waals surface area (Å²) in [6, 6.07) is 3.37.